The molecule has 0 spiro atoms. The van der Waals surface area contributed by atoms with E-state index in [9.17, 15) is 14.4 Å². The Hall–Kier alpha value is -2.57. The molecule has 1 aromatic carbocycles. The SMILES string of the molecule is CC(=O)NC(C(=O)O)C(=O)OCc1ccc(N)cc1. The Balaban J connectivity index is 2.59. The fourth-order valence-corrected chi connectivity index (χ4v) is 1.28. The second kappa shape index (κ2) is 6.39. The number of nitrogens with two attached hydrogens (primary N) is 1. The van der Waals surface area contributed by atoms with Gasteiger partial charge in [0.1, 0.15) is 6.61 Å². The van der Waals surface area contributed by atoms with E-state index in [2.05, 4.69) is 0 Å². The van der Waals surface area contributed by atoms with Crippen molar-refractivity contribution in [3.63, 3.8) is 0 Å². The second-order valence-corrected chi connectivity index (χ2v) is 3.82. The van der Waals surface area contributed by atoms with Crippen LogP contribution in [0.25, 0.3) is 0 Å². The van der Waals surface area contributed by atoms with Crippen LogP contribution in [0.15, 0.2) is 24.3 Å². The van der Waals surface area contributed by atoms with Gasteiger partial charge in [0.2, 0.25) is 11.9 Å². The largest absolute Gasteiger partial charge is 0.479 e. The van der Waals surface area contributed by atoms with Gasteiger partial charge in [0.05, 0.1) is 0 Å². The first-order valence-corrected chi connectivity index (χ1v) is 5.41. The van der Waals surface area contributed by atoms with Crippen molar-refractivity contribution in [2.45, 2.75) is 19.6 Å². The fraction of sp³-hybridized carbons (Fsp3) is 0.250. The van der Waals surface area contributed by atoms with E-state index in [4.69, 9.17) is 15.6 Å². The normalized spacial score (nSPS) is 11.4. The van der Waals surface area contributed by atoms with E-state index < -0.39 is 23.9 Å². The fourth-order valence-electron chi connectivity index (χ4n) is 1.28. The summed E-state index contributed by atoms with van der Waals surface area (Å²) in [7, 11) is 0. The van der Waals surface area contributed by atoms with Crippen LogP contribution < -0.4 is 11.1 Å². The molecule has 7 heteroatoms. The lowest BCUT2D eigenvalue weighted by Gasteiger charge is -2.12. The lowest BCUT2D eigenvalue weighted by atomic mass is 10.2. The zero-order valence-electron chi connectivity index (χ0n) is 10.3. The van der Waals surface area contributed by atoms with Crippen molar-refractivity contribution in [1.82, 2.24) is 5.32 Å². The number of esters is 1. The zero-order valence-corrected chi connectivity index (χ0v) is 10.3. The van der Waals surface area contributed by atoms with Gasteiger partial charge in [-0.15, -0.1) is 0 Å². The number of benzene rings is 1. The highest BCUT2D eigenvalue weighted by Crippen LogP contribution is 2.07. The summed E-state index contributed by atoms with van der Waals surface area (Å²) in [5, 5.41) is 10.8. The Morgan fingerprint density at radius 2 is 1.89 bits per heavy atom. The molecule has 0 saturated carbocycles. The highest BCUT2D eigenvalue weighted by atomic mass is 16.5. The Kier molecular flexibility index (Phi) is 4.87. The highest BCUT2D eigenvalue weighted by molar-refractivity contribution is 6.01. The van der Waals surface area contributed by atoms with E-state index in [0.717, 1.165) is 6.92 Å². The molecule has 1 rings (SSSR count). The maximum atomic E-state index is 11.5. The number of nitrogens with one attached hydrogen (secondary N) is 1. The van der Waals surface area contributed by atoms with Crippen molar-refractivity contribution < 1.29 is 24.2 Å². The van der Waals surface area contributed by atoms with E-state index in [-0.39, 0.29) is 6.61 Å². The summed E-state index contributed by atoms with van der Waals surface area (Å²) in [6, 6.07) is 4.86. The van der Waals surface area contributed by atoms with Crippen molar-refractivity contribution in [2.24, 2.45) is 0 Å². The molecule has 1 unspecified atom stereocenters. The molecule has 1 amide bonds. The van der Waals surface area contributed by atoms with Crippen molar-refractivity contribution in [3.05, 3.63) is 29.8 Å². The molecule has 7 nitrogen and oxygen atoms in total. The van der Waals surface area contributed by atoms with Gasteiger partial charge in [-0.3, -0.25) is 4.79 Å². The van der Waals surface area contributed by atoms with Crippen molar-refractivity contribution in [1.29, 1.82) is 0 Å². The third kappa shape index (κ3) is 4.66. The number of carboxylic acid groups (broad SMARTS) is 1. The minimum atomic E-state index is -1.70. The monoisotopic (exact) mass is 266 g/mol. The quantitative estimate of drug-likeness (QED) is 0.389. The number of nitrogen functional groups attached to an aromatic ring is 1. The molecular formula is C12H14N2O5. The average Bonchev–Trinajstić information content (AvgIpc) is 2.34. The van der Waals surface area contributed by atoms with Crippen LogP contribution in [-0.4, -0.2) is 29.0 Å². The van der Waals surface area contributed by atoms with Gasteiger partial charge in [-0.25, -0.2) is 9.59 Å². The van der Waals surface area contributed by atoms with Gasteiger partial charge in [0.15, 0.2) is 0 Å². The van der Waals surface area contributed by atoms with Crippen LogP contribution in [0.1, 0.15) is 12.5 Å². The smallest absolute Gasteiger partial charge is 0.340 e. The summed E-state index contributed by atoms with van der Waals surface area (Å²) in [6.07, 6.45) is 0. The first-order chi connectivity index (χ1) is 8.90. The molecule has 1 atom stereocenters. The molecule has 0 saturated heterocycles. The zero-order chi connectivity index (χ0) is 14.4. The molecule has 0 fully saturated rings. The number of amides is 1. The molecule has 0 aliphatic heterocycles. The van der Waals surface area contributed by atoms with Crippen LogP contribution in [-0.2, 0) is 25.7 Å². The van der Waals surface area contributed by atoms with Gasteiger partial charge in [-0.1, -0.05) is 12.1 Å². The number of rotatable bonds is 5. The van der Waals surface area contributed by atoms with Gasteiger partial charge < -0.3 is 20.9 Å². The molecule has 102 valence electrons. The maximum absolute atomic E-state index is 11.5. The number of hydrogen-bond donors (Lipinski definition) is 3. The molecule has 0 bridgehead atoms. The van der Waals surface area contributed by atoms with E-state index in [1.54, 1.807) is 24.3 Å². The summed E-state index contributed by atoms with van der Waals surface area (Å²) in [4.78, 5) is 33.1. The lowest BCUT2D eigenvalue weighted by Crippen LogP contribution is -2.46. The number of anilines is 1. The Labute approximate surface area is 109 Å². The van der Waals surface area contributed by atoms with E-state index >= 15 is 0 Å². The summed E-state index contributed by atoms with van der Waals surface area (Å²) < 4.78 is 4.82. The molecular weight excluding hydrogens is 252 g/mol. The van der Waals surface area contributed by atoms with E-state index in [0.29, 0.717) is 11.3 Å². The molecule has 0 radical (unpaired) electrons. The maximum Gasteiger partial charge on any atom is 0.340 e. The minimum absolute atomic E-state index is 0.0948. The first-order valence-electron chi connectivity index (χ1n) is 5.41. The third-order valence-corrected chi connectivity index (χ3v) is 2.19. The molecule has 0 aliphatic carbocycles. The van der Waals surface area contributed by atoms with Gasteiger partial charge >= 0.3 is 11.9 Å². The molecule has 1 aromatic rings. The first kappa shape index (κ1) is 14.5. The Bertz CT molecular complexity index is 483. The Morgan fingerprint density at radius 3 is 2.37 bits per heavy atom. The van der Waals surface area contributed by atoms with Crippen LogP contribution in [0.3, 0.4) is 0 Å². The molecule has 0 heterocycles. The molecule has 19 heavy (non-hydrogen) atoms. The van der Waals surface area contributed by atoms with E-state index in [1.807, 2.05) is 5.32 Å². The number of aliphatic carboxylic acids is 1. The lowest BCUT2D eigenvalue weighted by molar-refractivity contribution is -0.157. The van der Waals surface area contributed by atoms with Crippen molar-refractivity contribution >= 4 is 23.5 Å². The van der Waals surface area contributed by atoms with Crippen LogP contribution in [0.4, 0.5) is 5.69 Å². The Morgan fingerprint density at radius 1 is 1.32 bits per heavy atom. The molecule has 4 N–H and O–H groups in total. The number of ether oxygens (including phenoxy) is 1. The van der Waals surface area contributed by atoms with Gasteiger partial charge in [-0.2, -0.15) is 0 Å². The van der Waals surface area contributed by atoms with Crippen LogP contribution in [0.5, 0.6) is 0 Å². The summed E-state index contributed by atoms with van der Waals surface area (Å²) in [5.74, 6) is -3.13. The third-order valence-electron chi connectivity index (χ3n) is 2.19. The summed E-state index contributed by atoms with van der Waals surface area (Å²) >= 11 is 0. The summed E-state index contributed by atoms with van der Waals surface area (Å²) in [5.41, 5.74) is 6.72. The minimum Gasteiger partial charge on any atom is -0.479 e. The van der Waals surface area contributed by atoms with Gasteiger partial charge in [0, 0.05) is 12.6 Å². The van der Waals surface area contributed by atoms with Gasteiger partial charge in [-0.05, 0) is 17.7 Å². The van der Waals surface area contributed by atoms with Gasteiger partial charge in [0.25, 0.3) is 0 Å². The van der Waals surface area contributed by atoms with Crippen LogP contribution in [0.2, 0.25) is 0 Å². The van der Waals surface area contributed by atoms with Crippen LogP contribution in [0, 0.1) is 0 Å². The summed E-state index contributed by atoms with van der Waals surface area (Å²) in [6.45, 7) is 1.02. The molecule has 0 aromatic heterocycles. The van der Waals surface area contributed by atoms with E-state index in [1.165, 1.54) is 0 Å². The number of carbonyl (C=O) groups excluding carboxylic acids is 2. The van der Waals surface area contributed by atoms with Crippen LogP contribution >= 0.6 is 0 Å². The average molecular weight is 266 g/mol. The van der Waals surface area contributed by atoms with Crippen molar-refractivity contribution in [3.8, 4) is 0 Å². The second-order valence-electron chi connectivity index (χ2n) is 3.82. The van der Waals surface area contributed by atoms with Crippen molar-refractivity contribution in [2.75, 3.05) is 5.73 Å². The topological polar surface area (TPSA) is 119 Å². The predicted molar refractivity (Wildman–Crippen MR) is 65.9 cm³/mol. The number of carbonyl (C=O) groups is 3. The number of carboxylic acids is 1. The highest BCUT2D eigenvalue weighted by Gasteiger charge is 2.28. The number of hydrogen-bond acceptors (Lipinski definition) is 5. The standard InChI is InChI=1S/C12H14N2O5/c1-7(15)14-10(11(16)17)12(18)19-6-8-2-4-9(13)5-3-8/h2-5,10H,6,13H2,1H3,(H,14,15)(H,16,17). The molecule has 0 aliphatic rings. The predicted octanol–water partition coefficient (Wildman–Crippen LogP) is -0.0987.